The van der Waals surface area contributed by atoms with Crippen molar-refractivity contribution in [1.82, 2.24) is 9.88 Å². The van der Waals surface area contributed by atoms with Crippen LogP contribution >= 0.6 is 0 Å². The lowest BCUT2D eigenvalue weighted by Crippen LogP contribution is -2.31. The Hall–Kier alpha value is -1.04. The van der Waals surface area contributed by atoms with Gasteiger partial charge in [0.05, 0.1) is 17.5 Å². The third-order valence-electron chi connectivity index (χ3n) is 3.42. The molecule has 1 aliphatic heterocycles. The Bertz CT molecular complexity index is 394. The molecular weight excluding hydrogens is 233 g/mol. The van der Waals surface area contributed by atoms with E-state index in [2.05, 4.69) is 9.88 Å². The summed E-state index contributed by atoms with van der Waals surface area (Å²) in [7, 11) is 0. The second-order valence-electron chi connectivity index (χ2n) is 5.32. The molecule has 1 saturated heterocycles. The summed E-state index contributed by atoms with van der Waals surface area (Å²) in [5, 5.41) is 9.85. The number of hydrogen-bond donors (Lipinski definition) is 2. The van der Waals surface area contributed by atoms with Crippen molar-refractivity contribution < 1.29 is 9.50 Å². The molecule has 2 rings (SSSR count). The first kappa shape index (κ1) is 13.4. The number of aromatic nitrogens is 1. The summed E-state index contributed by atoms with van der Waals surface area (Å²) in [5.74, 6) is -0.346. The van der Waals surface area contributed by atoms with Gasteiger partial charge in [0, 0.05) is 25.7 Å². The van der Waals surface area contributed by atoms with Gasteiger partial charge in [0.1, 0.15) is 5.82 Å². The van der Waals surface area contributed by atoms with E-state index in [1.54, 1.807) is 6.07 Å². The number of hydrogen-bond acceptors (Lipinski definition) is 4. The Morgan fingerprint density at radius 2 is 2.39 bits per heavy atom. The molecule has 0 saturated carbocycles. The van der Waals surface area contributed by atoms with Gasteiger partial charge in [-0.1, -0.05) is 0 Å². The third-order valence-corrected chi connectivity index (χ3v) is 3.42. The number of likely N-dealkylation sites (tertiary alicyclic amines) is 1. The molecular formula is C13H20FN3O. The molecule has 2 unspecified atom stereocenters. The van der Waals surface area contributed by atoms with Crippen LogP contribution in [0.25, 0.3) is 0 Å². The lowest BCUT2D eigenvalue weighted by molar-refractivity contribution is 0.0684. The zero-order chi connectivity index (χ0) is 13.2. The van der Waals surface area contributed by atoms with Crippen LogP contribution in [0, 0.1) is 5.82 Å². The molecule has 0 aliphatic carbocycles. The Morgan fingerprint density at radius 1 is 1.61 bits per heavy atom. The summed E-state index contributed by atoms with van der Waals surface area (Å²) in [6, 6.07) is 2.82. The van der Waals surface area contributed by atoms with Crippen molar-refractivity contribution in [3.05, 3.63) is 29.8 Å². The van der Waals surface area contributed by atoms with E-state index < -0.39 is 5.60 Å². The minimum atomic E-state index is -0.571. The quantitative estimate of drug-likeness (QED) is 0.842. The normalized spacial score (nSPS) is 26.4. The van der Waals surface area contributed by atoms with E-state index in [1.165, 1.54) is 12.3 Å². The number of nitrogens with two attached hydrogens (primary N) is 1. The highest BCUT2D eigenvalue weighted by molar-refractivity contribution is 5.09. The summed E-state index contributed by atoms with van der Waals surface area (Å²) in [6.07, 6.45) is 2.75. The number of rotatable bonds is 4. The summed E-state index contributed by atoms with van der Waals surface area (Å²) in [4.78, 5) is 6.18. The smallest absolute Gasteiger partial charge is 0.141 e. The second kappa shape index (κ2) is 5.30. The molecule has 2 heterocycles. The van der Waals surface area contributed by atoms with Crippen molar-refractivity contribution in [2.75, 3.05) is 19.6 Å². The van der Waals surface area contributed by atoms with E-state index in [9.17, 15) is 9.50 Å². The maximum Gasteiger partial charge on any atom is 0.141 e. The lowest BCUT2D eigenvalue weighted by Gasteiger charge is -2.20. The number of pyridine rings is 1. The van der Waals surface area contributed by atoms with Gasteiger partial charge >= 0.3 is 0 Å². The maximum atomic E-state index is 12.7. The number of halogens is 1. The molecule has 0 aromatic carbocycles. The molecule has 1 aliphatic rings. The molecule has 4 nitrogen and oxygen atoms in total. The highest BCUT2D eigenvalue weighted by Gasteiger charge is 2.31. The molecule has 2 atom stereocenters. The van der Waals surface area contributed by atoms with Crippen molar-refractivity contribution >= 4 is 0 Å². The van der Waals surface area contributed by atoms with Crippen molar-refractivity contribution in [3.8, 4) is 0 Å². The lowest BCUT2D eigenvalue weighted by atomic mass is 10.1. The Labute approximate surface area is 107 Å². The van der Waals surface area contributed by atoms with Crippen molar-refractivity contribution in [1.29, 1.82) is 0 Å². The maximum absolute atomic E-state index is 12.7. The average molecular weight is 253 g/mol. The van der Waals surface area contributed by atoms with Gasteiger partial charge in [-0.15, -0.1) is 0 Å². The summed E-state index contributed by atoms with van der Waals surface area (Å²) < 4.78 is 12.7. The number of β-amino-alcohol motifs (C(OH)–C–C–N with tert-alkyl or cyclic N) is 1. The zero-order valence-electron chi connectivity index (χ0n) is 10.6. The third kappa shape index (κ3) is 3.48. The molecule has 0 radical (unpaired) electrons. The molecule has 1 aromatic rings. The fourth-order valence-corrected chi connectivity index (χ4v) is 2.31. The first-order chi connectivity index (χ1) is 8.46. The van der Waals surface area contributed by atoms with Crippen LogP contribution in [0.1, 0.15) is 31.5 Å². The predicted octanol–water partition coefficient (Wildman–Crippen LogP) is 1.07. The van der Waals surface area contributed by atoms with Gasteiger partial charge in [-0.3, -0.25) is 4.98 Å². The van der Waals surface area contributed by atoms with Gasteiger partial charge in [0.25, 0.3) is 0 Å². The summed E-state index contributed by atoms with van der Waals surface area (Å²) in [6.45, 7) is 4.28. The predicted molar refractivity (Wildman–Crippen MR) is 67.4 cm³/mol. The van der Waals surface area contributed by atoms with Crippen LogP contribution in [0.3, 0.4) is 0 Å². The van der Waals surface area contributed by atoms with E-state index in [0.29, 0.717) is 12.2 Å². The monoisotopic (exact) mass is 253 g/mol. The van der Waals surface area contributed by atoms with E-state index in [4.69, 9.17) is 5.73 Å². The topological polar surface area (TPSA) is 62.4 Å². The highest BCUT2D eigenvalue weighted by Crippen LogP contribution is 2.21. The van der Waals surface area contributed by atoms with Gasteiger partial charge in [0.2, 0.25) is 0 Å². The van der Waals surface area contributed by atoms with Crippen LogP contribution in [-0.4, -0.2) is 40.2 Å². The molecule has 100 valence electrons. The van der Waals surface area contributed by atoms with Crippen LogP contribution in [0.2, 0.25) is 0 Å². The van der Waals surface area contributed by atoms with Gasteiger partial charge in [-0.2, -0.15) is 0 Å². The molecule has 0 spiro atoms. The first-order valence-electron chi connectivity index (χ1n) is 6.28. The van der Waals surface area contributed by atoms with E-state index in [1.807, 2.05) is 6.92 Å². The molecule has 1 fully saturated rings. The van der Waals surface area contributed by atoms with E-state index in [0.717, 1.165) is 25.9 Å². The number of nitrogens with zero attached hydrogens (tertiary/aromatic N) is 2. The fourth-order valence-electron chi connectivity index (χ4n) is 2.31. The zero-order valence-corrected chi connectivity index (χ0v) is 10.6. The SMILES string of the molecule is CC1(O)CCN(CCC(N)c2ccc(F)cn2)C1. The van der Waals surface area contributed by atoms with Crippen molar-refractivity contribution in [3.63, 3.8) is 0 Å². The van der Waals surface area contributed by atoms with Crippen molar-refractivity contribution in [2.45, 2.75) is 31.4 Å². The van der Waals surface area contributed by atoms with Gasteiger partial charge < -0.3 is 15.7 Å². The highest BCUT2D eigenvalue weighted by atomic mass is 19.1. The Balaban J connectivity index is 1.82. The van der Waals surface area contributed by atoms with Gasteiger partial charge in [-0.05, 0) is 31.9 Å². The van der Waals surface area contributed by atoms with E-state index in [-0.39, 0.29) is 11.9 Å². The van der Waals surface area contributed by atoms with Crippen LogP contribution in [0.4, 0.5) is 4.39 Å². The second-order valence-corrected chi connectivity index (χ2v) is 5.32. The molecule has 0 amide bonds. The fraction of sp³-hybridized carbons (Fsp3) is 0.615. The Kier molecular flexibility index (Phi) is 3.94. The van der Waals surface area contributed by atoms with Gasteiger partial charge in [0.15, 0.2) is 0 Å². The van der Waals surface area contributed by atoms with Crippen LogP contribution in [-0.2, 0) is 0 Å². The first-order valence-corrected chi connectivity index (χ1v) is 6.28. The van der Waals surface area contributed by atoms with E-state index >= 15 is 0 Å². The van der Waals surface area contributed by atoms with Crippen LogP contribution in [0.15, 0.2) is 18.3 Å². The van der Waals surface area contributed by atoms with Crippen LogP contribution < -0.4 is 5.73 Å². The number of aliphatic hydroxyl groups is 1. The molecule has 1 aromatic heterocycles. The summed E-state index contributed by atoms with van der Waals surface area (Å²) >= 11 is 0. The Morgan fingerprint density at radius 3 is 2.94 bits per heavy atom. The average Bonchev–Trinajstić information content (AvgIpc) is 2.67. The minimum Gasteiger partial charge on any atom is -0.389 e. The largest absolute Gasteiger partial charge is 0.389 e. The minimum absolute atomic E-state index is 0.184. The molecule has 5 heteroatoms. The molecule has 3 N–H and O–H groups in total. The standard InChI is InChI=1S/C13H20FN3O/c1-13(18)5-7-17(9-13)6-4-11(15)12-3-2-10(14)8-16-12/h2-3,8,11,18H,4-7,9,15H2,1H3. The summed E-state index contributed by atoms with van der Waals surface area (Å²) in [5.41, 5.74) is 6.16. The molecule has 0 bridgehead atoms. The van der Waals surface area contributed by atoms with Crippen LogP contribution in [0.5, 0.6) is 0 Å². The van der Waals surface area contributed by atoms with Gasteiger partial charge in [-0.25, -0.2) is 4.39 Å². The van der Waals surface area contributed by atoms with Crippen molar-refractivity contribution in [2.24, 2.45) is 5.73 Å². The molecule has 18 heavy (non-hydrogen) atoms.